The van der Waals surface area contributed by atoms with Gasteiger partial charge in [0.25, 0.3) is 14.0 Å². The SMILES string of the molecule is COC1C[C@@H]2[C@H](O1)[C@H](OC(=O)c1ccc([N+](=O)[O-])cc1)C[C@H]2O[Si](c1ccccc1)(c1ccccc1)C(C)(C)C. The highest BCUT2D eigenvalue weighted by molar-refractivity contribution is 6.99. The number of methoxy groups -OCH3 is 1. The number of hydrogen-bond donors (Lipinski definition) is 0. The van der Waals surface area contributed by atoms with E-state index in [4.69, 9.17) is 18.6 Å². The number of hydrogen-bond acceptors (Lipinski definition) is 7. The second-order valence-corrected chi connectivity index (χ2v) is 15.7. The van der Waals surface area contributed by atoms with Crippen LogP contribution in [0.15, 0.2) is 84.9 Å². The van der Waals surface area contributed by atoms with E-state index in [0.717, 1.165) is 0 Å². The van der Waals surface area contributed by atoms with Crippen LogP contribution >= 0.6 is 0 Å². The summed E-state index contributed by atoms with van der Waals surface area (Å²) < 4.78 is 25.2. The number of nitro benzene ring substituents is 1. The molecule has 1 unspecified atom stereocenters. The Morgan fingerprint density at radius 1 is 0.900 bits per heavy atom. The summed E-state index contributed by atoms with van der Waals surface area (Å²) in [5, 5.41) is 13.2. The number of non-ortho nitro benzene ring substituents is 1. The molecule has 1 aliphatic carbocycles. The van der Waals surface area contributed by atoms with E-state index in [2.05, 4.69) is 69.3 Å². The molecular formula is C31H35NO7Si. The third kappa shape index (κ3) is 5.22. The average molecular weight is 562 g/mol. The Kier molecular flexibility index (Phi) is 7.92. The highest BCUT2D eigenvalue weighted by Crippen LogP contribution is 2.46. The van der Waals surface area contributed by atoms with Crippen molar-refractivity contribution >= 4 is 30.3 Å². The minimum atomic E-state index is -2.86. The Labute approximate surface area is 235 Å². The van der Waals surface area contributed by atoms with Crippen molar-refractivity contribution < 1.29 is 28.4 Å². The molecule has 0 amide bonds. The van der Waals surface area contributed by atoms with E-state index in [-0.39, 0.29) is 34.4 Å². The minimum Gasteiger partial charge on any atom is -0.456 e. The van der Waals surface area contributed by atoms with Gasteiger partial charge in [-0.3, -0.25) is 10.1 Å². The molecule has 1 heterocycles. The van der Waals surface area contributed by atoms with E-state index >= 15 is 0 Å². The maximum Gasteiger partial charge on any atom is 0.338 e. The lowest BCUT2D eigenvalue weighted by atomic mass is 10.0. The Balaban J connectivity index is 1.48. The monoisotopic (exact) mass is 561 g/mol. The predicted octanol–water partition coefficient (Wildman–Crippen LogP) is 4.85. The second-order valence-electron chi connectivity index (χ2n) is 11.5. The second kappa shape index (κ2) is 11.2. The summed E-state index contributed by atoms with van der Waals surface area (Å²) in [5.41, 5.74) is 0.165. The Morgan fingerprint density at radius 3 is 1.98 bits per heavy atom. The van der Waals surface area contributed by atoms with Gasteiger partial charge in [-0.1, -0.05) is 81.4 Å². The van der Waals surface area contributed by atoms with Crippen LogP contribution in [0.25, 0.3) is 0 Å². The molecule has 0 bridgehead atoms. The summed E-state index contributed by atoms with van der Waals surface area (Å²) in [6.45, 7) is 6.71. The van der Waals surface area contributed by atoms with Gasteiger partial charge in [-0.15, -0.1) is 0 Å². The topological polar surface area (TPSA) is 97.1 Å². The Bertz CT molecular complexity index is 1290. The fraction of sp³-hybridized carbons (Fsp3) is 0.387. The molecule has 0 spiro atoms. The first kappa shape index (κ1) is 28.2. The fourth-order valence-corrected chi connectivity index (χ4v) is 10.9. The van der Waals surface area contributed by atoms with Crippen molar-refractivity contribution in [2.75, 3.05) is 7.11 Å². The maximum absolute atomic E-state index is 13.1. The summed E-state index contributed by atoms with van der Waals surface area (Å²) in [4.78, 5) is 23.6. The number of benzene rings is 3. The fourth-order valence-electron chi connectivity index (χ4n) is 6.20. The molecule has 210 valence electrons. The summed E-state index contributed by atoms with van der Waals surface area (Å²) in [6.07, 6.45) is -0.455. The van der Waals surface area contributed by atoms with Crippen LogP contribution in [0, 0.1) is 16.0 Å². The lowest BCUT2D eigenvalue weighted by Crippen LogP contribution is -2.68. The molecule has 0 aromatic heterocycles. The zero-order chi connectivity index (χ0) is 28.5. The number of fused-ring (bicyclic) bond motifs is 1. The number of nitrogens with zero attached hydrogens (tertiary/aromatic N) is 1. The van der Waals surface area contributed by atoms with Crippen LogP contribution in [0.1, 0.15) is 44.0 Å². The highest BCUT2D eigenvalue weighted by Gasteiger charge is 2.58. The molecule has 3 aromatic rings. The van der Waals surface area contributed by atoms with E-state index < -0.39 is 31.6 Å². The minimum absolute atomic E-state index is 0.0266. The molecule has 0 radical (unpaired) electrons. The molecule has 40 heavy (non-hydrogen) atoms. The van der Waals surface area contributed by atoms with E-state index in [9.17, 15) is 14.9 Å². The molecule has 1 saturated heterocycles. The molecular weight excluding hydrogens is 526 g/mol. The van der Waals surface area contributed by atoms with Crippen LogP contribution in [0.3, 0.4) is 0 Å². The van der Waals surface area contributed by atoms with Crippen LogP contribution in [0.5, 0.6) is 0 Å². The highest BCUT2D eigenvalue weighted by atomic mass is 28.4. The van der Waals surface area contributed by atoms with Gasteiger partial charge in [-0.2, -0.15) is 0 Å². The largest absolute Gasteiger partial charge is 0.456 e. The molecule has 9 heteroatoms. The van der Waals surface area contributed by atoms with Crippen LogP contribution < -0.4 is 10.4 Å². The zero-order valence-electron chi connectivity index (χ0n) is 23.2. The number of nitro groups is 1. The number of carbonyl (C=O) groups is 1. The van der Waals surface area contributed by atoms with Crippen molar-refractivity contribution in [2.24, 2.45) is 5.92 Å². The zero-order valence-corrected chi connectivity index (χ0v) is 24.2. The first-order valence-electron chi connectivity index (χ1n) is 13.6. The molecule has 2 aliphatic rings. The van der Waals surface area contributed by atoms with Crippen molar-refractivity contribution in [2.45, 2.75) is 63.3 Å². The van der Waals surface area contributed by atoms with Crippen LogP contribution in [-0.2, 0) is 18.6 Å². The number of ether oxygens (including phenoxy) is 3. The van der Waals surface area contributed by atoms with Gasteiger partial charge in [0.2, 0.25) is 0 Å². The van der Waals surface area contributed by atoms with Gasteiger partial charge in [0.15, 0.2) is 6.29 Å². The number of esters is 1. The Hall–Kier alpha value is -3.37. The van der Waals surface area contributed by atoms with Crippen molar-refractivity contribution in [1.29, 1.82) is 0 Å². The molecule has 5 rings (SSSR count). The quantitative estimate of drug-likeness (QED) is 0.168. The maximum atomic E-state index is 13.1. The van der Waals surface area contributed by atoms with Gasteiger partial charge in [-0.05, 0) is 27.5 Å². The van der Waals surface area contributed by atoms with E-state index in [1.807, 2.05) is 12.1 Å². The van der Waals surface area contributed by atoms with Crippen LogP contribution in [0.4, 0.5) is 5.69 Å². The summed E-state index contributed by atoms with van der Waals surface area (Å²) in [7, 11) is -1.24. The van der Waals surface area contributed by atoms with Gasteiger partial charge < -0.3 is 18.6 Å². The predicted molar refractivity (Wildman–Crippen MR) is 153 cm³/mol. The van der Waals surface area contributed by atoms with Crippen LogP contribution in [-0.4, -0.2) is 50.9 Å². The van der Waals surface area contributed by atoms with Gasteiger partial charge >= 0.3 is 5.97 Å². The smallest absolute Gasteiger partial charge is 0.338 e. The standard InChI is InChI=1S/C31H35NO7Si/c1-31(2,3)40(23-11-7-5-8-12-23,24-13-9-6-10-14-24)39-26-20-27(29-25(26)19-28(36-4)38-29)37-30(33)21-15-17-22(18-16-21)32(34)35/h5-18,25-29H,19-20H2,1-4H3/t25-,26+,27+,28?,29-/m0/s1. The molecule has 8 nitrogen and oxygen atoms in total. The van der Waals surface area contributed by atoms with E-state index in [1.165, 1.54) is 34.6 Å². The van der Waals surface area contributed by atoms with Gasteiger partial charge in [-0.25, -0.2) is 4.79 Å². The lowest BCUT2D eigenvalue weighted by Gasteiger charge is -2.45. The number of rotatable bonds is 8. The average Bonchev–Trinajstić information content (AvgIpc) is 3.52. The van der Waals surface area contributed by atoms with Gasteiger partial charge in [0, 0.05) is 38.0 Å². The van der Waals surface area contributed by atoms with E-state index in [0.29, 0.717) is 12.8 Å². The molecule has 0 N–H and O–H groups in total. The third-order valence-electron chi connectivity index (χ3n) is 8.08. The van der Waals surface area contributed by atoms with Crippen LogP contribution in [0.2, 0.25) is 5.04 Å². The molecule has 3 aromatic carbocycles. The van der Waals surface area contributed by atoms with Gasteiger partial charge in [0.1, 0.15) is 12.2 Å². The third-order valence-corrected chi connectivity index (χ3v) is 13.1. The van der Waals surface area contributed by atoms with Crippen molar-refractivity contribution in [3.8, 4) is 0 Å². The normalized spacial score (nSPS) is 24.4. The van der Waals surface area contributed by atoms with E-state index in [1.54, 1.807) is 7.11 Å². The molecule has 5 atom stereocenters. The summed E-state index contributed by atoms with van der Waals surface area (Å²) in [6, 6.07) is 26.3. The van der Waals surface area contributed by atoms with Crippen molar-refractivity contribution in [3.05, 3.63) is 101 Å². The van der Waals surface area contributed by atoms with Gasteiger partial charge in [0.05, 0.1) is 16.6 Å². The summed E-state index contributed by atoms with van der Waals surface area (Å²) in [5.74, 6) is -0.574. The molecule has 1 saturated carbocycles. The lowest BCUT2D eigenvalue weighted by molar-refractivity contribution is -0.384. The Morgan fingerprint density at radius 2 is 1.48 bits per heavy atom. The number of carbonyl (C=O) groups excluding carboxylic acids is 1. The molecule has 2 fully saturated rings. The molecule has 1 aliphatic heterocycles. The van der Waals surface area contributed by atoms with Crippen molar-refractivity contribution in [3.63, 3.8) is 0 Å². The first-order valence-corrected chi connectivity index (χ1v) is 15.5. The first-order chi connectivity index (χ1) is 19.1. The summed E-state index contributed by atoms with van der Waals surface area (Å²) >= 11 is 0. The van der Waals surface area contributed by atoms with Crippen molar-refractivity contribution in [1.82, 2.24) is 0 Å².